The van der Waals surface area contributed by atoms with Gasteiger partial charge in [-0.15, -0.1) is 0 Å². The van der Waals surface area contributed by atoms with Crippen molar-refractivity contribution in [2.24, 2.45) is 0 Å². The lowest BCUT2D eigenvalue weighted by Crippen LogP contribution is -2.20. The summed E-state index contributed by atoms with van der Waals surface area (Å²) < 4.78 is 16.1. The number of hydrogen-bond acceptors (Lipinski definition) is 4. The maximum absolute atomic E-state index is 5.47. The molecule has 1 N–H and O–H groups in total. The van der Waals surface area contributed by atoms with Crippen molar-refractivity contribution in [3.8, 4) is 11.5 Å². The minimum atomic E-state index is 0.438. The fourth-order valence-corrected chi connectivity index (χ4v) is 2.19. The van der Waals surface area contributed by atoms with Crippen LogP contribution in [0.4, 0.5) is 5.69 Å². The Kier molecular flexibility index (Phi) is 4.70. The van der Waals surface area contributed by atoms with Gasteiger partial charge in [-0.25, -0.2) is 0 Å². The predicted octanol–water partition coefficient (Wildman–Crippen LogP) is 2.68. The summed E-state index contributed by atoms with van der Waals surface area (Å²) >= 11 is 0. The van der Waals surface area contributed by atoms with Crippen LogP contribution in [0.2, 0.25) is 0 Å². The van der Waals surface area contributed by atoms with E-state index >= 15 is 0 Å². The van der Waals surface area contributed by atoms with E-state index in [0.29, 0.717) is 6.04 Å². The number of methoxy groups -OCH3 is 2. The molecule has 1 fully saturated rings. The molecular formula is C14H21NO3. The summed E-state index contributed by atoms with van der Waals surface area (Å²) in [6.07, 6.45) is 3.25. The summed E-state index contributed by atoms with van der Waals surface area (Å²) in [5.74, 6) is 1.68. The average Bonchev–Trinajstić information content (AvgIpc) is 2.67. The largest absolute Gasteiger partial charge is 0.497 e. The van der Waals surface area contributed by atoms with E-state index in [1.807, 2.05) is 18.2 Å². The Hall–Kier alpha value is -1.42. The van der Waals surface area contributed by atoms with Crippen molar-refractivity contribution < 1.29 is 14.2 Å². The Balaban J connectivity index is 2.10. The second kappa shape index (κ2) is 6.50. The lowest BCUT2D eigenvalue weighted by molar-refractivity contribution is 0.144. The van der Waals surface area contributed by atoms with Gasteiger partial charge in [0.15, 0.2) is 0 Å². The first-order valence-corrected chi connectivity index (χ1v) is 6.40. The molecule has 1 aromatic rings. The Morgan fingerprint density at radius 3 is 2.83 bits per heavy atom. The van der Waals surface area contributed by atoms with E-state index in [0.717, 1.165) is 49.7 Å². The first-order valence-electron chi connectivity index (χ1n) is 6.40. The molecule has 1 atom stereocenters. The van der Waals surface area contributed by atoms with Gasteiger partial charge in [-0.3, -0.25) is 0 Å². The van der Waals surface area contributed by atoms with Crippen molar-refractivity contribution in [1.29, 1.82) is 0 Å². The molecule has 0 aromatic heterocycles. The molecule has 1 aromatic carbocycles. The second-order valence-electron chi connectivity index (χ2n) is 4.45. The molecule has 1 aliphatic rings. The third kappa shape index (κ3) is 3.29. The van der Waals surface area contributed by atoms with Crippen LogP contribution in [0.25, 0.3) is 0 Å². The topological polar surface area (TPSA) is 39.7 Å². The molecule has 1 unspecified atom stereocenters. The standard InChI is InChI=1S/C14H21NO3/c1-16-12-5-6-14(17-2)13(10-12)15-11-4-3-8-18-9-7-11/h5-6,10-11,15H,3-4,7-9H2,1-2H3. The Morgan fingerprint density at radius 1 is 1.17 bits per heavy atom. The Labute approximate surface area is 108 Å². The third-order valence-electron chi connectivity index (χ3n) is 3.22. The molecule has 0 radical (unpaired) electrons. The van der Waals surface area contributed by atoms with Gasteiger partial charge in [0.2, 0.25) is 0 Å². The van der Waals surface area contributed by atoms with Crippen LogP contribution in [0, 0.1) is 0 Å². The highest BCUT2D eigenvalue weighted by Crippen LogP contribution is 2.30. The lowest BCUT2D eigenvalue weighted by atomic mass is 10.1. The lowest BCUT2D eigenvalue weighted by Gasteiger charge is -2.19. The highest BCUT2D eigenvalue weighted by atomic mass is 16.5. The molecule has 0 amide bonds. The number of ether oxygens (including phenoxy) is 3. The first kappa shape index (κ1) is 13.0. The van der Waals surface area contributed by atoms with Gasteiger partial charge in [-0.2, -0.15) is 0 Å². The molecule has 18 heavy (non-hydrogen) atoms. The first-order chi connectivity index (χ1) is 8.83. The van der Waals surface area contributed by atoms with Crippen LogP contribution in [0.1, 0.15) is 19.3 Å². The quantitative estimate of drug-likeness (QED) is 0.893. The van der Waals surface area contributed by atoms with Gasteiger partial charge in [-0.1, -0.05) is 0 Å². The monoisotopic (exact) mass is 251 g/mol. The van der Waals surface area contributed by atoms with E-state index in [1.54, 1.807) is 14.2 Å². The highest BCUT2D eigenvalue weighted by molar-refractivity contribution is 5.60. The number of rotatable bonds is 4. The minimum absolute atomic E-state index is 0.438. The zero-order chi connectivity index (χ0) is 12.8. The normalized spacial score (nSPS) is 20.0. The molecular weight excluding hydrogens is 230 g/mol. The van der Waals surface area contributed by atoms with E-state index in [1.165, 1.54) is 0 Å². The van der Waals surface area contributed by atoms with Gasteiger partial charge in [0, 0.05) is 25.3 Å². The minimum Gasteiger partial charge on any atom is -0.497 e. The maximum atomic E-state index is 5.47. The van der Waals surface area contributed by atoms with Crippen molar-refractivity contribution in [3.05, 3.63) is 18.2 Å². The van der Waals surface area contributed by atoms with Gasteiger partial charge in [0.25, 0.3) is 0 Å². The summed E-state index contributed by atoms with van der Waals surface area (Å²) in [5, 5.41) is 3.53. The fourth-order valence-electron chi connectivity index (χ4n) is 2.19. The number of nitrogens with one attached hydrogen (secondary N) is 1. The molecule has 1 aliphatic heterocycles. The van der Waals surface area contributed by atoms with Crippen molar-refractivity contribution in [2.45, 2.75) is 25.3 Å². The van der Waals surface area contributed by atoms with Crippen molar-refractivity contribution in [3.63, 3.8) is 0 Å². The number of hydrogen-bond donors (Lipinski definition) is 1. The van der Waals surface area contributed by atoms with Gasteiger partial charge < -0.3 is 19.5 Å². The molecule has 1 saturated heterocycles. The molecule has 4 heteroatoms. The van der Waals surface area contributed by atoms with Crippen molar-refractivity contribution >= 4 is 5.69 Å². The highest BCUT2D eigenvalue weighted by Gasteiger charge is 2.14. The Bertz CT molecular complexity index is 373. The summed E-state index contributed by atoms with van der Waals surface area (Å²) in [6, 6.07) is 6.24. The molecule has 0 bridgehead atoms. The van der Waals surface area contributed by atoms with E-state index < -0.39 is 0 Å². The SMILES string of the molecule is COc1ccc(OC)c(NC2CCCOCC2)c1. The zero-order valence-electron chi connectivity index (χ0n) is 11.1. The van der Waals surface area contributed by atoms with E-state index in [9.17, 15) is 0 Å². The molecule has 0 saturated carbocycles. The molecule has 4 nitrogen and oxygen atoms in total. The Morgan fingerprint density at radius 2 is 2.06 bits per heavy atom. The van der Waals surface area contributed by atoms with Crippen LogP contribution in [-0.2, 0) is 4.74 Å². The van der Waals surface area contributed by atoms with Crippen LogP contribution in [-0.4, -0.2) is 33.5 Å². The zero-order valence-corrected chi connectivity index (χ0v) is 11.1. The fraction of sp³-hybridized carbons (Fsp3) is 0.571. The summed E-state index contributed by atoms with van der Waals surface area (Å²) in [4.78, 5) is 0. The third-order valence-corrected chi connectivity index (χ3v) is 3.22. The van der Waals surface area contributed by atoms with Gasteiger partial charge in [0.05, 0.1) is 19.9 Å². The number of anilines is 1. The smallest absolute Gasteiger partial charge is 0.142 e. The molecule has 2 rings (SSSR count). The summed E-state index contributed by atoms with van der Waals surface area (Å²) in [5.41, 5.74) is 0.990. The molecule has 100 valence electrons. The molecule has 0 spiro atoms. The van der Waals surface area contributed by atoms with Crippen LogP contribution >= 0.6 is 0 Å². The van der Waals surface area contributed by atoms with E-state index in [2.05, 4.69) is 5.32 Å². The molecule has 0 aliphatic carbocycles. The summed E-state index contributed by atoms with van der Waals surface area (Å²) in [7, 11) is 3.36. The van der Waals surface area contributed by atoms with Gasteiger partial charge >= 0.3 is 0 Å². The van der Waals surface area contributed by atoms with Crippen LogP contribution in [0.15, 0.2) is 18.2 Å². The van der Waals surface area contributed by atoms with E-state index in [4.69, 9.17) is 14.2 Å². The van der Waals surface area contributed by atoms with Gasteiger partial charge in [0.1, 0.15) is 11.5 Å². The summed E-state index contributed by atoms with van der Waals surface area (Å²) in [6.45, 7) is 1.69. The number of benzene rings is 1. The van der Waals surface area contributed by atoms with Crippen LogP contribution in [0.3, 0.4) is 0 Å². The van der Waals surface area contributed by atoms with Crippen molar-refractivity contribution in [2.75, 3.05) is 32.8 Å². The van der Waals surface area contributed by atoms with Crippen molar-refractivity contribution in [1.82, 2.24) is 0 Å². The van der Waals surface area contributed by atoms with Crippen LogP contribution in [0.5, 0.6) is 11.5 Å². The van der Waals surface area contributed by atoms with E-state index in [-0.39, 0.29) is 0 Å². The predicted molar refractivity (Wildman–Crippen MR) is 71.6 cm³/mol. The molecule has 1 heterocycles. The second-order valence-corrected chi connectivity index (χ2v) is 4.45. The van der Waals surface area contributed by atoms with Gasteiger partial charge in [-0.05, 0) is 31.4 Å². The maximum Gasteiger partial charge on any atom is 0.142 e. The average molecular weight is 251 g/mol. The van der Waals surface area contributed by atoms with Crippen LogP contribution < -0.4 is 14.8 Å².